The number of carboxylic acids is 1. The first-order valence-electron chi connectivity index (χ1n) is 7.82. The molecule has 25 heavy (non-hydrogen) atoms. The molecule has 2 heterocycles. The molecule has 0 bridgehead atoms. The number of rotatable bonds is 3. The van der Waals surface area contributed by atoms with Crippen molar-refractivity contribution < 1.29 is 14.7 Å². The van der Waals surface area contributed by atoms with E-state index in [-0.39, 0.29) is 12.5 Å². The Morgan fingerprint density at radius 3 is 2.64 bits per heavy atom. The number of carbonyl (C=O) groups is 2. The third kappa shape index (κ3) is 3.66. The summed E-state index contributed by atoms with van der Waals surface area (Å²) < 4.78 is 0. The summed E-state index contributed by atoms with van der Waals surface area (Å²) in [4.78, 5) is 30.6. The summed E-state index contributed by atoms with van der Waals surface area (Å²) in [5.74, 6) is -1.55. The van der Waals surface area contributed by atoms with Crippen LogP contribution in [0.4, 0.5) is 0 Å². The molecule has 5 nitrogen and oxygen atoms in total. The minimum absolute atomic E-state index is 0.185. The summed E-state index contributed by atoms with van der Waals surface area (Å²) in [5, 5.41) is 10.7. The lowest BCUT2D eigenvalue weighted by atomic mass is 9.98. The number of piperidine rings is 1. The van der Waals surface area contributed by atoms with Gasteiger partial charge in [0.15, 0.2) is 0 Å². The highest BCUT2D eigenvalue weighted by atomic mass is 35.5. The summed E-state index contributed by atoms with van der Waals surface area (Å²) in [5.41, 5.74) is 1.21. The number of thiazole rings is 1. The molecular weight excluding hydrogens is 383 g/mol. The fourth-order valence-corrected chi connectivity index (χ4v) is 4.71. The number of aromatic nitrogens is 1. The maximum atomic E-state index is 12.8. The maximum absolute atomic E-state index is 12.8. The molecule has 1 aliphatic rings. The Labute approximate surface area is 159 Å². The van der Waals surface area contributed by atoms with E-state index < -0.39 is 11.9 Å². The van der Waals surface area contributed by atoms with Crippen LogP contribution in [0.25, 0.3) is 10.6 Å². The lowest BCUT2D eigenvalue weighted by Crippen LogP contribution is -2.42. The van der Waals surface area contributed by atoms with E-state index in [1.807, 2.05) is 0 Å². The highest BCUT2D eigenvalue weighted by Gasteiger charge is 2.30. The zero-order valence-electron chi connectivity index (χ0n) is 13.5. The van der Waals surface area contributed by atoms with Gasteiger partial charge >= 0.3 is 5.97 Å². The Bertz CT molecular complexity index is 817. The molecule has 3 rings (SSSR count). The molecule has 1 fully saturated rings. The van der Waals surface area contributed by atoms with Gasteiger partial charge in [-0.15, -0.1) is 11.3 Å². The van der Waals surface area contributed by atoms with Gasteiger partial charge in [0, 0.05) is 18.7 Å². The van der Waals surface area contributed by atoms with Gasteiger partial charge in [-0.05, 0) is 31.9 Å². The lowest BCUT2D eigenvalue weighted by molar-refractivity contribution is -0.143. The maximum Gasteiger partial charge on any atom is 0.308 e. The molecule has 8 heteroatoms. The molecule has 2 aromatic rings. The first kappa shape index (κ1) is 18.2. The topological polar surface area (TPSA) is 70.5 Å². The van der Waals surface area contributed by atoms with Crippen molar-refractivity contribution in [2.75, 3.05) is 13.1 Å². The van der Waals surface area contributed by atoms with Gasteiger partial charge in [0.1, 0.15) is 9.88 Å². The fourth-order valence-electron chi connectivity index (χ4n) is 2.91. The molecule has 1 unspecified atom stereocenters. The van der Waals surface area contributed by atoms with Crippen LogP contribution in [0.15, 0.2) is 18.2 Å². The van der Waals surface area contributed by atoms with Crippen molar-refractivity contribution in [1.82, 2.24) is 9.88 Å². The number of aryl methyl sites for hydroxylation is 1. The summed E-state index contributed by atoms with van der Waals surface area (Å²) in [7, 11) is 0. The number of amides is 1. The smallest absolute Gasteiger partial charge is 0.308 e. The van der Waals surface area contributed by atoms with Crippen LogP contribution >= 0.6 is 34.5 Å². The molecule has 1 aromatic heterocycles. The van der Waals surface area contributed by atoms with E-state index in [4.69, 9.17) is 23.2 Å². The van der Waals surface area contributed by atoms with Crippen molar-refractivity contribution in [3.63, 3.8) is 0 Å². The largest absolute Gasteiger partial charge is 0.481 e. The number of hydrogen-bond donors (Lipinski definition) is 1. The van der Waals surface area contributed by atoms with Crippen LogP contribution < -0.4 is 0 Å². The molecule has 1 atom stereocenters. The number of likely N-dealkylation sites (tertiary alicyclic amines) is 1. The third-order valence-corrected chi connectivity index (χ3v) is 6.02. The number of carboxylic acid groups (broad SMARTS) is 1. The minimum Gasteiger partial charge on any atom is -0.481 e. The van der Waals surface area contributed by atoms with Crippen LogP contribution in [0, 0.1) is 12.8 Å². The predicted molar refractivity (Wildman–Crippen MR) is 98.6 cm³/mol. The van der Waals surface area contributed by atoms with E-state index in [0.717, 1.165) is 0 Å². The van der Waals surface area contributed by atoms with Crippen molar-refractivity contribution in [1.29, 1.82) is 0 Å². The van der Waals surface area contributed by atoms with Crippen molar-refractivity contribution >= 4 is 46.4 Å². The highest BCUT2D eigenvalue weighted by molar-refractivity contribution is 7.17. The quantitative estimate of drug-likeness (QED) is 0.833. The number of aliphatic carboxylic acids is 1. The Morgan fingerprint density at radius 1 is 1.32 bits per heavy atom. The van der Waals surface area contributed by atoms with E-state index in [1.54, 1.807) is 30.0 Å². The van der Waals surface area contributed by atoms with Crippen LogP contribution in [-0.2, 0) is 4.79 Å². The molecule has 1 saturated heterocycles. The van der Waals surface area contributed by atoms with Crippen molar-refractivity contribution in [3.05, 3.63) is 38.8 Å². The Balaban J connectivity index is 1.90. The summed E-state index contributed by atoms with van der Waals surface area (Å²) in [6.07, 6.45) is 1.28. The lowest BCUT2D eigenvalue weighted by Gasteiger charge is -2.30. The normalized spacial score (nSPS) is 17.6. The second-order valence-electron chi connectivity index (χ2n) is 5.96. The van der Waals surface area contributed by atoms with Gasteiger partial charge in [-0.25, -0.2) is 4.98 Å². The van der Waals surface area contributed by atoms with E-state index in [2.05, 4.69) is 4.98 Å². The van der Waals surface area contributed by atoms with Crippen LogP contribution in [0.5, 0.6) is 0 Å². The first-order valence-corrected chi connectivity index (χ1v) is 9.39. The van der Waals surface area contributed by atoms with E-state index in [9.17, 15) is 14.7 Å². The minimum atomic E-state index is -0.859. The van der Waals surface area contributed by atoms with Crippen LogP contribution in [0.3, 0.4) is 0 Å². The molecule has 0 spiro atoms. The van der Waals surface area contributed by atoms with Gasteiger partial charge in [-0.3, -0.25) is 9.59 Å². The molecule has 0 radical (unpaired) electrons. The first-order chi connectivity index (χ1) is 11.9. The number of nitrogens with zero attached hydrogens (tertiary/aromatic N) is 2. The molecule has 1 aliphatic heterocycles. The molecule has 0 aliphatic carbocycles. The Hall–Kier alpha value is -1.63. The zero-order chi connectivity index (χ0) is 18.1. The van der Waals surface area contributed by atoms with Gasteiger partial charge in [0.25, 0.3) is 5.91 Å². The number of hydrogen-bond acceptors (Lipinski definition) is 4. The van der Waals surface area contributed by atoms with Crippen LogP contribution in [0.2, 0.25) is 10.0 Å². The number of halogens is 2. The summed E-state index contributed by atoms with van der Waals surface area (Å²) in [6.45, 7) is 2.55. The predicted octanol–water partition coefficient (Wildman–Crippen LogP) is 4.36. The van der Waals surface area contributed by atoms with Crippen molar-refractivity contribution in [2.24, 2.45) is 5.92 Å². The monoisotopic (exact) mass is 398 g/mol. The second-order valence-corrected chi connectivity index (χ2v) is 7.77. The average molecular weight is 399 g/mol. The molecule has 132 valence electrons. The van der Waals surface area contributed by atoms with Gasteiger partial charge in [-0.1, -0.05) is 29.3 Å². The third-order valence-electron chi connectivity index (χ3n) is 4.23. The second kappa shape index (κ2) is 7.32. The summed E-state index contributed by atoms with van der Waals surface area (Å²) >= 11 is 13.7. The van der Waals surface area contributed by atoms with Gasteiger partial charge in [0.2, 0.25) is 0 Å². The van der Waals surface area contributed by atoms with Crippen molar-refractivity contribution in [2.45, 2.75) is 19.8 Å². The molecule has 0 saturated carbocycles. The van der Waals surface area contributed by atoms with Gasteiger partial charge in [-0.2, -0.15) is 0 Å². The SMILES string of the molecule is Cc1nc(-c2c(Cl)cccc2Cl)sc1C(=O)N1CCCC(C(=O)O)C1. The Morgan fingerprint density at radius 2 is 2.00 bits per heavy atom. The average Bonchev–Trinajstić information content (AvgIpc) is 2.95. The number of benzene rings is 1. The molecule has 1 aromatic carbocycles. The van der Waals surface area contributed by atoms with Crippen molar-refractivity contribution in [3.8, 4) is 10.6 Å². The van der Waals surface area contributed by atoms with Gasteiger partial charge < -0.3 is 10.0 Å². The van der Waals surface area contributed by atoms with Gasteiger partial charge in [0.05, 0.1) is 21.7 Å². The fraction of sp³-hybridized carbons (Fsp3) is 0.353. The number of carbonyl (C=O) groups excluding carboxylic acids is 1. The highest BCUT2D eigenvalue weighted by Crippen LogP contribution is 2.38. The Kier molecular flexibility index (Phi) is 5.32. The van der Waals surface area contributed by atoms with Crippen LogP contribution in [-0.4, -0.2) is 40.0 Å². The molecule has 1 amide bonds. The summed E-state index contributed by atoms with van der Waals surface area (Å²) in [6, 6.07) is 5.20. The van der Waals surface area contributed by atoms with Crippen LogP contribution in [0.1, 0.15) is 28.2 Å². The zero-order valence-corrected chi connectivity index (χ0v) is 15.8. The molecule has 1 N–H and O–H groups in total. The molecular formula is C17H16Cl2N2O3S. The van der Waals surface area contributed by atoms with E-state index in [1.165, 1.54) is 11.3 Å². The van der Waals surface area contributed by atoms with E-state index >= 15 is 0 Å². The standard InChI is InChI=1S/C17H16Cl2N2O3S/c1-9-14(16(22)21-7-3-4-10(8-21)17(23)24)25-15(20-9)13-11(18)5-2-6-12(13)19/h2,5-6,10H,3-4,7-8H2,1H3,(H,23,24). The van der Waals surface area contributed by atoms with E-state index in [0.29, 0.717) is 50.6 Å².